The number of nitrogens with one attached hydrogen (secondary N) is 2. The largest absolute Gasteiger partial charge is 0.468 e. The molecule has 4 N–H and O–H groups in total. The highest BCUT2D eigenvalue weighted by Crippen LogP contribution is 2.23. The molecule has 1 aromatic heterocycles. The summed E-state index contributed by atoms with van der Waals surface area (Å²) in [4.78, 5) is 23.4. The predicted molar refractivity (Wildman–Crippen MR) is 107 cm³/mol. The Morgan fingerprint density at radius 3 is 2.34 bits per heavy atom. The van der Waals surface area contributed by atoms with Crippen molar-refractivity contribution in [1.82, 2.24) is 4.72 Å². The number of halogens is 1. The van der Waals surface area contributed by atoms with Crippen LogP contribution in [0.5, 0.6) is 0 Å². The highest BCUT2D eigenvalue weighted by Gasteiger charge is 2.20. The maximum absolute atomic E-state index is 12.6. The van der Waals surface area contributed by atoms with Crippen LogP contribution in [0.1, 0.15) is 26.5 Å². The Morgan fingerprint density at radius 1 is 1.03 bits per heavy atom. The van der Waals surface area contributed by atoms with E-state index in [1.54, 1.807) is 12.1 Å². The number of hydrogen-bond donors (Lipinski definition) is 3. The van der Waals surface area contributed by atoms with Crippen molar-refractivity contribution in [2.75, 3.05) is 5.32 Å². The van der Waals surface area contributed by atoms with E-state index in [0.29, 0.717) is 17.0 Å². The lowest BCUT2D eigenvalue weighted by Gasteiger charge is -2.10. The maximum Gasteiger partial charge on any atom is 0.255 e. The number of carbonyl (C=O) groups excluding carboxylic acids is 2. The van der Waals surface area contributed by atoms with Crippen LogP contribution in [0.4, 0.5) is 5.69 Å². The number of primary amides is 1. The molecule has 1 heterocycles. The normalized spacial score (nSPS) is 11.2. The smallest absolute Gasteiger partial charge is 0.255 e. The molecule has 0 saturated carbocycles. The molecular weight excluding hydrogens is 418 g/mol. The van der Waals surface area contributed by atoms with Crippen LogP contribution in [-0.4, -0.2) is 20.2 Å². The van der Waals surface area contributed by atoms with Gasteiger partial charge in [-0.05, 0) is 54.6 Å². The van der Waals surface area contributed by atoms with E-state index in [-0.39, 0.29) is 22.0 Å². The van der Waals surface area contributed by atoms with Gasteiger partial charge in [0, 0.05) is 16.8 Å². The molecule has 0 aliphatic heterocycles. The zero-order valence-corrected chi connectivity index (χ0v) is 16.5. The quantitative estimate of drug-likeness (QED) is 0.527. The van der Waals surface area contributed by atoms with Crippen molar-refractivity contribution in [3.63, 3.8) is 0 Å². The first-order chi connectivity index (χ1) is 13.8. The Morgan fingerprint density at radius 2 is 1.72 bits per heavy atom. The number of hydrogen-bond acceptors (Lipinski definition) is 5. The Bertz CT molecular complexity index is 1140. The lowest BCUT2D eigenvalue weighted by atomic mass is 10.1. The summed E-state index contributed by atoms with van der Waals surface area (Å²) < 4.78 is 32.6. The van der Waals surface area contributed by atoms with E-state index >= 15 is 0 Å². The highest BCUT2D eigenvalue weighted by atomic mass is 35.5. The fraction of sp³-hybridized carbons (Fsp3) is 0.0526. The summed E-state index contributed by atoms with van der Waals surface area (Å²) in [5.74, 6) is -0.702. The monoisotopic (exact) mass is 433 g/mol. The van der Waals surface area contributed by atoms with Crippen molar-refractivity contribution in [3.8, 4) is 0 Å². The number of carbonyl (C=O) groups is 2. The number of benzene rings is 2. The summed E-state index contributed by atoms with van der Waals surface area (Å²) in [6, 6.07) is 13.1. The molecule has 0 aliphatic carbocycles. The Hall–Kier alpha value is -3.14. The van der Waals surface area contributed by atoms with Gasteiger partial charge >= 0.3 is 0 Å². The van der Waals surface area contributed by atoms with Gasteiger partial charge in [0.15, 0.2) is 0 Å². The molecule has 0 unspecified atom stereocenters. The summed E-state index contributed by atoms with van der Waals surface area (Å²) >= 11 is 6.04. The first-order valence-corrected chi connectivity index (χ1v) is 10.2. The van der Waals surface area contributed by atoms with Gasteiger partial charge in [0.2, 0.25) is 15.9 Å². The van der Waals surface area contributed by atoms with Crippen molar-refractivity contribution in [2.24, 2.45) is 5.73 Å². The molecule has 29 heavy (non-hydrogen) atoms. The fourth-order valence-electron chi connectivity index (χ4n) is 2.43. The second-order valence-corrected chi connectivity index (χ2v) is 8.09. The maximum atomic E-state index is 12.6. The molecule has 8 nitrogen and oxygen atoms in total. The Kier molecular flexibility index (Phi) is 6.02. The van der Waals surface area contributed by atoms with Crippen molar-refractivity contribution in [3.05, 3.63) is 82.8 Å². The van der Waals surface area contributed by atoms with Crippen molar-refractivity contribution in [2.45, 2.75) is 11.4 Å². The van der Waals surface area contributed by atoms with Crippen LogP contribution in [-0.2, 0) is 16.6 Å². The van der Waals surface area contributed by atoms with Crippen LogP contribution in [0.25, 0.3) is 0 Å². The molecule has 150 valence electrons. The van der Waals surface area contributed by atoms with E-state index in [2.05, 4.69) is 10.0 Å². The topological polar surface area (TPSA) is 132 Å². The molecule has 0 saturated heterocycles. The number of nitrogens with two attached hydrogens (primary N) is 1. The molecule has 0 atom stereocenters. The molecule has 0 fully saturated rings. The van der Waals surface area contributed by atoms with E-state index in [1.165, 1.54) is 48.7 Å². The first kappa shape index (κ1) is 20.6. The molecule has 0 radical (unpaired) electrons. The van der Waals surface area contributed by atoms with Gasteiger partial charge in [-0.15, -0.1) is 0 Å². The van der Waals surface area contributed by atoms with Crippen LogP contribution in [0, 0.1) is 0 Å². The number of anilines is 1. The number of furan rings is 1. The SMILES string of the molecule is NC(=O)c1ccc(NC(=O)c2ccc(Cl)c(S(=O)(=O)NCc3ccco3)c2)cc1. The lowest BCUT2D eigenvalue weighted by molar-refractivity contribution is 0.0998. The minimum atomic E-state index is -3.98. The predicted octanol–water partition coefficient (Wildman–Crippen LogP) is 2.76. The average Bonchev–Trinajstić information content (AvgIpc) is 3.21. The number of amides is 2. The summed E-state index contributed by atoms with van der Waals surface area (Å²) in [7, 11) is -3.98. The van der Waals surface area contributed by atoms with Crippen LogP contribution >= 0.6 is 11.6 Å². The van der Waals surface area contributed by atoms with Gasteiger partial charge in [-0.2, -0.15) is 0 Å². The van der Waals surface area contributed by atoms with Crippen LogP contribution < -0.4 is 15.8 Å². The van der Waals surface area contributed by atoms with Gasteiger partial charge < -0.3 is 15.5 Å². The third kappa shape index (κ3) is 5.02. The lowest BCUT2D eigenvalue weighted by Crippen LogP contribution is -2.24. The van der Waals surface area contributed by atoms with E-state index in [9.17, 15) is 18.0 Å². The summed E-state index contributed by atoms with van der Waals surface area (Å²) in [6.45, 7) is -0.0612. The first-order valence-electron chi connectivity index (χ1n) is 8.29. The summed E-state index contributed by atoms with van der Waals surface area (Å²) in [5, 5.41) is 2.58. The second kappa shape index (κ2) is 8.48. The zero-order chi connectivity index (χ0) is 21.0. The molecule has 2 aromatic carbocycles. The van der Waals surface area contributed by atoms with E-state index in [1.807, 2.05) is 0 Å². The fourth-order valence-corrected chi connectivity index (χ4v) is 3.95. The average molecular weight is 434 g/mol. The van der Waals surface area contributed by atoms with E-state index < -0.39 is 21.8 Å². The molecule has 3 aromatic rings. The molecule has 2 amide bonds. The molecule has 0 bridgehead atoms. The third-order valence-electron chi connectivity index (χ3n) is 3.93. The minimum Gasteiger partial charge on any atom is -0.468 e. The van der Waals surface area contributed by atoms with Gasteiger partial charge in [0.25, 0.3) is 5.91 Å². The second-order valence-electron chi connectivity index (χ2n) is 5.94. The van der Waals surface area contributed by atoms with E-state index in [0.717, 1.165) is 0 Å². The number of sulfonamides is 1. The van der Waals surface area contributed by atoms with Gasteiger partial charge in [0.05, 0.1) is 17.8 Å². The number of rotatable bonds is 7. The minimum absolute atomic E-state index is 0.0284. The summed E-state index contributed by atoms with van der Waals surface area (Å²) in [6.07, 6.45) is 1.43. The Balaban J connectivity index is 1.78. The van der Waals surface area contributed by atoms with Crippen LogP contribution in [0.2, 0.25) is 5.02 Å². The molecule has 0 spiro atoms. The molecular formula is C19H16ClN3O5S. The van der Waals surface area contributed by atoms with E-state index in [4.69, 9.17) is 21.8 Å². The van der Waals surface area contributed by atoms with Crippen molar-refractivity contribution in [1.29, 1.82) is 0 Å². The zero-order valence-electron chi connectivity index (χ0n) is 14.9. The van der Waals surface area contributed by atoms with Gasteiger partial charge in [0.1, 0.15) is 10.7 Å². The van der Waals surface area contributed by atoms with Crippen LogP contribution in [0.3, 0.4) is 0 Å². The molecule has 10 heteroatoms. The Labute approximate surface area is 171 Å². The highest BCUT2D eigenvalue weighted by molar-refractivity contribution is 7.89. The van der Waals surface area contributed by atoms with Crippen molar-refractivity contribution < 1.29 is 22.4 Å². The summed E-state index contributed by atoms with van der Waals surface area (Å²) in [5.41, 5.74) is 5.97. The van der Waals surface area contributed by atoms with Gasteiger partial charge in [-0.25, -0.2) is 13.1 Å². The van der Waals surface area contributed by atoms with Crippen LogP contribution in [0.15, 0.2) is 70.2 Å². The third-order valence-corrected chi connectivity index (χ3v) is 5.81. The standard InChI is InChI=1S/C19H16ClN3O5S/c20-16-8-5-13(19(25)23-14-6-3-12(4-7-14)18(21)24)10-17(16)29(26,27)22-11-15-2-1-9-28-15/h1-10,22H,11H2,(H2,21,24)(H,23,25). The van der Waals surface area contributed by atoms with Gasteiger partial charge in [-0.3, -0.25) is 9.59 Å². The molecule has 3 rings (SSSR count). The van der Waals surface area contributed by atoms with Crippen molar-refractivity contribution >= 4 is 39.1 Å². The molecule has 0 aliphatic rings. The van der Waals surface area contributed by atoms with Gasteiger partial charge in [-0.1, -0.05) is 11.6 Å².